The molecule has 0 aliphatic carbocycles. The molecule has 2 unspecified atom stereocenters. The minimum absolute atomic E-state index is 0.132. The van der Waals surface area contributed by atoms with Crippen molar-refractivity contribution in [3.63, 3.8) is 0 Å². The van der Waals surface area contributed by atoms with Gasteiger partial charge in [0.15, 0.2) is 0 Å². The van der Waals surface area contributed by atoms with Crippen molar-refractivity contribution >= 4 is 32.9 Å². The molecule has 1 radical (unpaired) electrons. The van der Waals surface area contributed by atoms with E-state index < -0.39 is 10.0 Å². The van der Waals surface area contributed by atoms with Crippen molar-refractivity contribution in [1.29, 1.82) is 0 Å². The summed E-state index contributed by atoms with van der Waals surface area (Å²) in [4.78, 5) is 4.97. The molecule has 0 spiro atoms. The zero-order valence-corrected chi connectivity index (χ0v) is 23.4. The highest BCUT2D eigenvalue weighted by atomic mass is 32.2. The van der Waals surface area contributed by atoms with E-state index >= 15 is 0 Å². The number of H-pyrrole nitrogens is 1. The fourth-order valence-corrected chi connectivity index (χ4v) is 6.48. The summed E-state index contributed by atoms with van der Waals surface area (Å²) in [6.45, 7) is 9.36. The highest BCUT2D eigenvalue weighted by Crippen LogP contribution is 2.39. The maximum atomic E-state index is 13.6. The number of hydrogen-bond acceptors (Lipinski definition) is 7. The van der Waals surface area contributed by atoms with Crippen LogP contribution < -0.4 is 15.0 Å². The summed E-state index contributed by atoms with van der Waals surface area (Å²) in [5, 5.41) is 11.9. The lowest BCUT2D eigenvalue weighted by molar-refractivity contribution is 0.222. The lowest BCUT2D eigenvalue weighted by Gasteiger charge is -2.39. The number of likely N-dealkylation sites (N-methyl/N-ethyl adjacent to an activating group) is 2. The molecule has 1 N–H and O–H groups in total. The highest BCUT2D eigenvalue weighted by Gasteiger charge is 2.37. The van der Waals surface area contributed by atoms with Gasteiger partial charge in [-0.1, -0.05) is 33.0 Å². The van der Waals surface area contributed by atoms with E-state index in [1.165, 1.54) is 0 Å². The van der Waals surface area contributed by atoms with Gasteiger partial charge in [0.2, 0.25) is 10.0 Å². The second-order valence-electron chi connectivity index (χ2n) is 10.0. The molecule has 1 fully saturated rings. The third-order valence-electron chi connectivity index (χ3n) is 7.09. The van der Waals surface area contributed by atoms with Crippen LogP contribution in [0.3, 0.4) is 0 Å². The van der Waals surface area contributed by atoms with Gasteiger partial charge in [-0.3, -0.25) is 5.10 Å². The molecule has 36 heavy (non-hydrogen) atoms. The molecule has 2 aliphatic heterocycles. The molecule has 1 aromatic carbocycles. The predicted octanol–water partition coefficient (Wildman–Crippen LogP) is 3.02. The molecule has 197 valence electrons. The molecule has 1 aromatic heterocycles. The molecule has 4 rings (SSSR count). The Morgan fingerprint density at radius 2 is 1.92 bits per heavy atom. The molecular formula is C25H37N6O3S2. The first-order chi connectivity index (χ1) is 17.1. The summed E-state index contributed by atoms with van der Waals surface area (Å²) < 4.78 is 35.0. The van der Waals surface area contributed by atoms with Gasteiger partial charge in [-0.2, -0.15) is 9.40 Å². The van der Waals surface area contributed by atoms with Crippen molar-refractivity contribution in [3.8, 4) is 5.75 Å². The molecule has 1 saturated heterocycles. The van der Waals surface area contributed by atoms with Gasteiger partial charge >= 0.3 is 0 Å². The van der Waals surface area contributed by atoms with Crippen LogP contribution >= 0.6 is 12.2 Å². The van der Waals surface area contributed by atoms with Crippen LogP contribution in [-0.4, -0.2) is 85.9 Å². The van der Waals surface area contributed by atoms with Crippen LogP contribution in [0.2, 0.25) is 0 Å². The summed E-state index contributed by atoms with van der Waals surface area (Å²) in [5.41, 5.74) is 2.46. The number of anilines is 1. The third kappa shape index (κ3) is 5.39. The predicted molar refractivity (Wildman–Crippen MR) is 145 cm³/mol. The fourth-order valence-electron chi connectivity index (χ4n) is 4.76. The van der Waals surface area contributed by atoms with Crippen molar-refractivity contribution < 1.29 is 13.2 Å². The van der Waals surface area contributed by atoms with Gasteiger partial charge in [0.05, 0.1) is 23.4 Å². The minimum Gasteiger partial charge on any atom is -0.493 e. The number of aromatic amines is 1. The number of rotatable bonds is 9. The van der Waals surface area contributed by atoms with Crippen LogP contribution in [-0.2, 0) is 10.0 Å². The average Bonchev–Trinajstić information content (AvgIpc) is 3.34. The second-order valence-corrected chi connectivity index (χ2v) is 12.4. The zero-order chi connectivity index (χ0) is 26.0. The van der Waals surface area contributed by atoms with Gasteiger partial charge in [-0.05, 0) is 44.0 Å². The first-order valence-electron chi connectivity index (χ1n) is 12.6. The number of fused-ring (bicyclic) bond motifs is 1. The van der Waals surface area contributed by atoms with Crippen molar-refractivity contribution in [3.05, 3.63) is 35.7 Å². The van der Waals surface area contributed by atoms with E-state index in [-0.39, 0.29) is 12.1 Å². The maximum absolute atomic E-state index is 13.6. The van der Waals surface area contributed by atoms with Crippen LogP contribution in [0.15, 0.2) is 29.3 Å². The number of hydrogen-bond donors (Lipinski definition) is 1. The van der Waals surface area contributed by atoms with E-state index in [9.17, 15) is 8.42 Å². The first-order valence-corrected chi connectivity index (χ1v) is 14.4. The number of thiocarbonyl (C=S) groups is 1. The van der Waals surface area contributed by atoms with Crippen LogP contribution in [0.5, 0.6) is 5.75 Å². The zero-order valence-electron chi connectivity index (χ0n) is 21.8. The number of ether oxygens (including phenoxy) is 1. The molecular weight excluding hydrogens is 496 g/mol. The van der Waals surface area contributed by atoms with Crippen LogP contribution in [0.25, 0.3) is 0 Å². The number of nitrogens with one attached hydrogen (secondary N) is 1. The minimum atomic E-state index is -3.63. The van der Waals surface area contributed by atoms with Gasteiger partial charge in [0.1, 0.15) is 22.6 Å². The van der Waals surface area contributed by atoms with E-state index in [0.29, 0.717) is 41.2 Å². The van der Waals surface area contributed by atoms with E-state index in [1.807, 2.05) is 20.2 Å². The SMILES string of the molecule is CCC(c1cc(S(=O)(=O)N2CCN(C)CC2)ccc1OCCC(C)C)C1[N]C(=S)c2[nH]ncc2N1C. The average molecular weight is 534 g/mol. The lowest BCUT2D eigenvalue weighted by Crippen LogP contribution is -2.49. The van der Waals surface area contributed by atoms with Gasteiger partial charge in [0.25, 0.3) is 0 Å². The molecule has 2 aliphatic rings. The molecule has 2 aromatic rings. The number of benzene rings is 1. The Bertz CT molecular complexity index is 1170. The van der Waals surface area contributed by atoms with Crippen LogP contribution in [0.1, 0.15) is 50.8 Å². The van der Waals surface area contributed by atoms with Crippen molar-refractivity contribution in [2.45, 2.75) is 50.6 Å². The standard InChI is InChI=1S/C25H37N6O3S2/c1-6-19(24-27-25(35)23-21(30(24)5)16-26-28-23)20-15-18(7-8-22(20)34-14-9-17(2)3)36(32,33)31-12-10-29(4)11-13-31/h7-8,15-17,19,24H,6,9-14H2,1-5H3,(H,26,28). The summed E-state index contributed by atoms with van der Waals surface area (Å²) in [7, 11) is 0.351. The van der Waals surface area contributed by atoms with Gasteiger partial charge in [0, 0.05) is 44.7 Å². The Kier molecular flexibility index (Phi) is 8.23. The number of nitrogens with zero attached hydrogens (tertiary/aromatic N) is 5. The first kappa shape index (κ1) is 26.8. The largest absolute Gasteiger partial charge is 0.493 e. The fraction of sp³-hybridized carbons (Fsp3) is 0.600. The van der Waals surface area contributed by atoms with Crippen molar-refractivity contribution in [1.82, 2.24) is 24.7 Å². The molecule has 0 bridgehead atoms. The van der Waals surface area contributed by atoms with E-state index in [1.54, 1.807) is 22.6 Å². The quantitative estimate of drug-likeness (QED) is 0.495. The normalized spacial score (nSPS) is 20.3. The Morgan fingerprint density at radius 3 is 2.58 bits per heavy atom. The van der Waals surface area contributed by atoms with Gasteiger partial charge in [-0.25, -0.2) is 13.7 Å². The summed E-state index contributed by atoms with van der Waals surface area (Å²) in [5.74, 6) is 1.07. The summed E-state index contributed by atoms with van der Waals surface area (Å²) in [6.07, 6.45) is 3.09. The summed E-state index contributed by atoms with van der Waals surface area (Å²) in [6, 6.07) is 5.28. The number of sulfonamides is 1. The van der Waals surface area contributed by atoms with Crippen molar-refractivity contribution in [2.24, 2.45) is 5.92 Å². The van der Waals surface area contributed by atoms with E-state index in [4.69, 9.17) is 22.3 Å². The van der Waals surface area contributed by atoms with Crippen LogP contribution in [0.4, 0.5) is 5.69 Å². The topological polar surface area (TPSA) is 95.9 Å². The molecule has 3 heterocycles. The third-order valence-corrected chi connectivity index (χ3v) is 9.30. The molecule has 9 nitrogen and oxygen atoms in total. The number of piperazine rings is 1. The lowest BCUT2D eigenvalue weighted by atomic mass is 9.90. The van der Waals surface area contributed by atoms with Gasteiger partial charge in [-0.15, -0.1) is 0 Å². The van der Waals surface area contributed by atoms with E-state index in [0.717, 1.165) is 42.9 Å². The smallest absolute Gasteiger partial charge is 0.243 e. The Morgan fingerprint density at radius 1 is 1.19 bits per heavy atom. The Labute approximate surface area is 220 Å². The second kappa shape index (κ2) is 11.0. The molecule has 2 atom stereocenters. The van der Waals surface area contributed by atoms with Crippen LogP contribution in [0, 0.1) is 5.92 Å². The monoisotopic (exact) mass is 533 g/mol. The Hall–Kier alpha value is -2.21. The Balaban J connectivity index is 1.72. The molecule has 0 saturated carbocycles. The van der Waals surface area contributed by atoms with Gasteiger partial charge < -0.3 is 14.5 Å². The maximum Gasteiger partial charge on any atom is 0.243 e. The summed E-state index contributed by atoms with van der Waals surface area (Å²) >= 11 is 5.57. The molecule has 0 amide bonds. The molecule has 11 heteroatoms. The number of aromatic nitrogens is 2. The van der Waals surface area contributed by atoms with E-state index in [2.05, 4.69) is 40.8 Å². The van der Waals surface area contributed by atoms with Crippen molar-refractivity contribution in [2.75, 3.05) is 51.8 Å². The highest BCUT2D eigenvalue weighted by molar-refractivity contribution is 7.89.